The number of rotatable bonds is 4. The van der Waals surface area contributed by atoms with Crippen LogP contribution in [0.3, 0.4) is 0 Å². The third-order valence-corrected chi connectivity index (χ3v) is 8.59. The second-order valence-electron chi connectivity index (χ2n) is 10.5. The van der Waals surface area contributed by atoms with Crippen LogP contribution in [0.15, 0.2) is 11.6 Å². The van der Waals surface area contributed by atoms with E-state index in [0.717, 1.165) is 25.7 Å². The van der Waals surface area contributed by atoms with E-state index in [1.165, 1.54) is 13.8 Å². The summed E-state index contributed by atoms with van der Waals surface area (Å²) in [5.74, 6) is -0.464. The predicted octanol–water partition coefficient (Wildman–Crippen LogP) is 3.34. The summed E-state index contributed by atoms with van der Waals surface area (Å²) in [6, 6.07) is 0. The minimum absolute atomic E-state index is 0.0869. The average Bonchev–Trinajstić information content (AvgIpc) is 3.26. The van der Waals surface area contributed by atoms with Crippen LogP contribution in [-0.2, 0) is 33.3 Å². The molecule has 0 aromatic heterocycles. The first-order valence-corrected chi connectivity index (χ1v) is 11.4. The molecule has 0 aromatic carbocycles. The van der Waals surface area contributed by atoms with Crippen molar-refractivity contribution in [3.8, 4) is 0 Å². The highest BCUT2D eigenvalue weighted by Gasteiger charge is 2.66. The highest BCUT2D eigenvalue weighted by molar-refractivity contribution is 5.91. The van der Waals surface area contributed by atoms with E-state index in [0.29, 0.717) is 18.6 Å². The maximum Gasteiger partial charge on any atom is 0.336 e. The number of fused-ring (bicyclic) bond motifs is 3. The second kappa shape index (κ2) is 7.61. The van der Waals surface area contributed by atoms with Crippen molar-refractivity contribution in [2.24, 2.45) is 22.7 Å². The van der Waals surface area contributed by atoms with Crippen molar-refractivity contribution in [1.82, 2.24) is 0 Å². The molecule has 4 rings (SSSR count). The molecule has 7 heteroatoms. The molecular formula is C24H34O7. The minimum atomic E-state index is -0.477. The van der Waals surface area contributed by atoms with Crippen LogP contribution in [0, 0.1) is 22.7 Å². The Labute approximate surface area is 183 Å². The van der Waals surface area contributed by atoms with Crippen molar-refractivity contribution in [2.75, 3.05) is 13.2 Å². The summed E-state index contributed by atoms with van der Waals surface area (Å²) >= 11 is 0. The van der Waals surface area contributed by atoms with Crippen molar-refractivity contribution in [3.63, 3.8) is 0 Å². The van der Waals surface area contributed by atoms with Crippen molar-refractivity contribution < 1.29 is 33.3 Å². The Morgan fingerprint density at radius 2 is 1.84 bits per heavy atom. The van der Waals surface area contributed by atoms with Gasteiger partial charge in [0.25, 0.3) is 0 Å². The largest absolute Gasteiger partial charge is 0.465 e. The van der Waals surface area contributed by atoms with Gasteiger partial charge >= 0.3 is 17.9 Å². The van der Waals surface area contributed by atoms with Crippen molar-refractivity contribution >= 4 is 17.9 Å². The van der Waals surface area contributed by atoms with Gasteiger partial charge in [-0.25, -0.2) is 4.79 Å². The highest BCUT2D eigenvalue weighted by Crippen LogP contribution is 2.66. The summed E-state index contributed by atoms with van der Waals surface area (Å²) in [5.41, 5.74) is -0.242. The van der Waals surface area contributed by atoms with E-state index in [1.807, 2.05) is 6.08 Å². The molecule has 1 saturated heterocycles. The van der Waals surface area contributed by atoms with Gasteiger partial charge in [-0.05, 0) is 62.4 Å². The third kappa shape index (κ3) is 3.59. The van der Waals surface area contributed by atoms with Crippen LogP contribution < -0.4 is 0 Å². The van der Waals surface area contributed by atoms with Crippen molar-refractivity contribution in [1.29, 1.82) is 0 Å². The summed E-state index contributed by atoms with van der Waals surface area (Å²) in [6.45, 7) is 9.96. The fourth-order valence-corrected chi connectivity index (χ4v) is 7.22. The zero-order valence-corrected chi connectivity index (χ0v) is 19.2. The minimum Gasteiger partial charge on any atom is -0.465 e. The molecule has 7 atom stereocenters. The van der Waals surface area contributed by atoms with Crippen molar-refractivity contribution in [2.45, 2.75) is 84.5 Å². The van der Waals surface area contributed by atoms with Gasteiger partial charge in [0.1, 0.15) is 19.3 Å². The van der Waals surface area contributed by atoms with Gasteiger partial charge in [-0.2, -0.15) is 0 Å². The SMILES string of the molecule is CC(=O)OC[C@@]1(C)[C@H]2CC[C@@]3(C)O[C@H](C4=CCOC4=O)C[C@H]3[C@]2(C)CC[C@H]1OC(C)=O. The molecule has 2 heterocycles. The number of esters is 3. The Bertz CT molecular complexity index is 819. The number of carbonyl (C=O) groups is 3. The first kappa shape index (κ1) is 22.3. The molecule has 172 valence electrons. The van der Waals surface area contributed by atoms with Crippen LogP contribution >= 0.6 is 0 Å². The van der Waals surface area contributed by atoms with Crippen LogP contribution in [-0.4, -0.2) is 48.9 Å². The first-order chi connectivity index (χ1) is 14.5. The Morgan fingerprint density at radius 3 is 2.45 bits per heavy atom. The highest BCUT2D eigenvalue weighted by atomic mass is 16.6. The molecule has 0 spiro atoms. The molecule has 0 N–H and O–H groups in total. The molecule has 7 nitrogen and oxygen atoms in total. The number of ether oxygens (including phenoxy) is 4. The molecule has 0 bridgehead atoms. The molecular weight excluding hydrogens is 400 g/mol. The Morgan fingerprint density at radius 1 is 1.10 bits per heavy atom. The lowest BCUT2D eigenvalue weighted by Gasteiger charge is -2.62. The molecule has 3 fully saturated rings. The molecule has 31 heavy (non-hydrogen) atoms. The average molecular weight is 435 g/mol. The number of cyclic esters (lactones) is 1. The quantitative estimate of drug-likeness (QED) is 0.495. The lowest BCUT2D eigenvalue weighted by atomic mass is 9.44. The van der Waals surface area contributed by atoms with E-state index in [9.17, 15) is 14.4 Å². The predicted molar refractivity (Wildman–Crippen MR) is 111 cm³/mol. The Balaban J connectivity index is 1.65. The molecule has 4 aliphatic rings. The monoisotopic (exact) mass is 434 g/mol. The molecule has 0 radical (unpaired) electrons. The van der Waals surface area contributed by atoms with Gasteiger partial charge < -0.3 is 18.9 Å². The van der Waals surface area contributed by atoms with Gasteiger partial charge in [0.05, 0.1) is 17.3 Å². The van der Waals surface area contributed by atoms with E-state index in [4.69, 9.17) is 18.9 Å². The van der Waals surface area contributed by atoms with E-state index >= 15 is 0 Å². The van der Waals surface area contributed by atoms with Crippen LogP contribution in [0.4, 0.5) is 0 Å². The fourth-order valence-electron chi connectivity index (χ4n) is 7.22. The van der Waals surface area contributed by atoms with Gasteiger partial charge in [-0.15, -0.1) is 0 Å². The molecule has 0 aromatic rings. The summed E-state index contributed by atoms with van der Waals surface area (Å²) in [6.07, 6.45) is 5.41. The van der Waals surface area contributed by atoms with E-state index in [-0.39, 0.29) is 59.6 Å². The van der Waals surface area contributed by atoms with E-state index < -0.39 is 5.41 Å². The molecule has 2 aliphatic carbocycles. The normalized spacial score (nSPS) is 44.0. The van der Waals surface area contributed by atoms with Gasteiger partial charge in [-0.3, -0.25) is 9.59 Å². The topological polar surface area (TPSA) is 88.1 Å². The van der Waals surface area contributed by atoms with Crippen LogP contribution in [0.25, 0.3) is 0 Å². The van der Waals surface area contributed by atoms with Gasteiger partial charge in [0, 0.05) is 19.3 Å². The van der Waals surface area contributed by atoms with Gasteiger partial charge in [0.2, 0.25) is 0 Å². The zero-order valence-electron chi connectivity index (χ0n) is 19.2. The van der Waals surface area contributed by atoms with E-state index in [2.05, 4.69) is 20.8 Å². The number of hydrogen-bond donors (Lipinski definition) is 0. The lowest BCUT2D eigenvalue weighted by Crippen LogP contribution is -2.62. The third-order valence-electron chi connectivity index (χ3n) is 8.59. The van der Waals surface area contributed by atoms with Crippen LogP contribution in [0.2, 0.25) is 0 Å². The zero-order chi connectivity index (χ0) is 22.6. The van der Waals surface area contributed by atoms with E-state index in [1.54, 1.807) is 0 Å². The Kier molecular flexibility index (Phi) is 5.48. The fraction of sp³-hybridized carbons (Fsp3) is 0.792. The van der Waals surface area contributed by atoms with Gasteiger partial charge in [-0.1, -0.05) is 13.8 Å². The smallest absolute Gasteiger partial charge is 0.336 e. The molecule has 2 aliphatic heterocycles. The molecule has 0 unspecified atom stereocenters. The maximum atomic E-state index is 12.2. The molecule has 2 saturated carbocycles. The summed E-state index contributed by atoms with van der Waals surface area (Å²) in [4.78, 5) is 35.6. The Hall–Kier alpha value is -1.89. The van der Waals surface area contributed by atoms with Crippen molar-refractivity contribution in [3.05, 3.63) is 11.6 Å². The lowest BCUT2D eigenvalue weighted by molar-refractivity contribution is -0.213. The second-order valence-corrected chi connectivity index (χ2v) is 10.5. The van der Waals surface area contributed by atoms with Crippen LogP contribution in [0.5, 0.6) is 0 Å². The molecule has 0 amide bonds. The number of carbonyl (C=O) groups excluding carboxylic acids is 3. The standard InChI is InChI=1S/C24H34O7/c1-14(25)29-13-23(4)18-6-10-24(5)19(12-17(31-24)16-8-11-28-21(16)27)22(18,3)9-7-20(23)30-15(2)26/h8,17-20H,6-7,9-13H2,1-5H3/t17-,18-,19-,20+,22+,23-,24+/m0/s1. The first-order valence-electron chi connectivity index (χ1n) is 11.4. The summed E-state index contributed by atoms with van der Waals surface area (Å²) < 4.78 is 22.9. The summed E-state index contributed by atoms with van der Waals surface area (Å²) in [7, 11) is 0. The maximum absolute atomic E-state index is 12.2. The summed E-state index contributed by atoms with van der Waals surface area (Å²) in [5, 5.41) is 0. The van der Waals surface area contributed by atoms with Crippen LogP contribution in [0.1, 0.15) is 66.7 Å². The van der Waals surface area contributed by atoms with Gasteiger partial charge in [0.15, 0.2) is 0 Å². The number of hydrogen-bond acceptors (Lipinski definition) is 7.